The van der Waals surface area contributed by atoms with Gasteiger partial charge in [-0.05, 0) is 57.7 Å². The van der Waals surface area contributed by atoms with Gasteiger partial charge >= 0.3 is 0 Å². The summed E-state index contributed by atoms with van der Waals surface area (Å²) in [5, 5.41) is 3.34. The summed E-state index contributed by atoms with van der Waals surface area (Å²) >= 11 is 0. The Labute approximate surface area is 173 Å². The minimum Gasteiger partial charge on any atom is -0.352 e. The molecule has 0 bridgehead atoms. The molecule has 29 heavy (non-hydrogen) atoms. The third kappa shape index (κ3) is 4.83. The molecule has 1 aliphatic carbocycles. The lowest BCUT2D eigenvalue weighted by molar-refractivity contribution is -0.128. The summed E-state index contributed by atoms with van der Waals surface area (Å²) in [6.45, 7) is 4.03. The van der Waals surface area contributed by atoms with Gasteiger partial charge in [-0.1, -0.05) is 25.7 Å². The fourth-order valence-corrected chi connectivity index (χ4v) is 4.74. The van der Waals surface area contributed by atoms with Gasteiger partial charge in [-0.25, -0.2) is 15.0 Å². The first-order chi connectivity index (χ1) is 14.2. The van der Waals surface area contributed by atoms with E-state index < -0.39 is 0 Å². The van der Waals surface area contributed by atoms with E-state index in [1.807, 2.05) is 12.3 Å². The molecule has 1 amide bonds. The van der Waals surface area contributed by atoms with Crippen LogP contribution < -0.4 is 5.32 Å². The van der Waals surface area contributed by atoms with Crippen LogP contribution in [0.5, 0.6) is 0 Å². The van der Waals surface area contributed by atoms with Crippen LogP contribution in [-0.4, -0.2) is 49.5 Å². The number of hydrogen-bond donors (Lipinski definition) is 1. The van der Waals surface area contributed by atoms with Gasteiger partial charge in [0.05, 0.1) is 5.69 Å². The van der Waals surface area contributed by atoms with Crippen molar-refractivity contribution in [2.24, 2.45) is 5.92 Å². The summed E-state index contributed by atoms with van der Waals surface area (Å²) in [7, 11) is 0. The molecule has 0 radical (unpaired) electrons. The number of imidazole rings is 1. The molecule has 2 atom stereocenters. The van der Waals surface area contributed by atoms with Crippen molar-refractivity contribution in [2.75, 3.05) is 13.1 Å². The molecule has 2 fully saturated rings. The Bertz CT molecular complexity index is 780. The van der Waals surface area contributed by atoms with Gasteiger partial charge in [0.2, 0.25) is 11.9 Å². The SMILES string of the molecule is CC(NC(=O)C(c1ccnc(-n2ccnc2)n1)N1CCCCC1)C1CCCCC1. The molecule has 2 aliphatic rings. The molecule has 0 aromatic carbocycles. The highest BCUT2D eigenvalue weighted by Crippen LogP contribution is 2.28. The molecule has 7 nitrogen and oxygen atoms in total. The molecule has 7 heteroatoms. The largest absolute Gasteiger partial charge is 0.352 e. The number of aromatic nitrogens is 4. The van der Waals surface area contributed by atoms with E-state index in [-0.39, 0.29) is 18.0 Å². The number of amides is 1. The number of carbonyl (C=O) groups is 1. The third-order valence-electron chi connectivity index (χ3n) is 6.41. The van der Waals surface area contributed by atoms with Crippen molar-refractivity contribution in [2.45, 2.75) is 70.4 Å². The van der Waals surface area contributed by atoms with Crippen LogP contribution in [0.25, 0.3) is 5.95 Å². The molecular formula is C22H32N6O. The molecule has 1 aliphatic heterocycles. The molecule has 3 heterocycles. The first kappa shape index (κ1) is 20.0. The van der Waals surface area contributed by atoms with Crippen molar-refractivity contribution >= 4 is 5.91 Å². The molecule has 156 valence electrons. The normalized spacial score (nSPS) is 20.9. The highest BCUT2D eigenvalue weighted by Gasteiger charge is 2.32. The zero-order valence-corrected chi connectivity index (χ0v) is 17.3. The Morgan fingerprint density at radius 3 is 2.59 bits per heavy atom. The Balaban J connectivity index is 1.56. The van der Waals surface area contributed by atoms with Crippen molar-refractivity contribution in [3.63, 3.8) is 0 Å². The summed E-state index contributed by atoms with van der Waals surface area (Å²) in [6.07, 6.45) is 16.7. The van der Waals surface area contributed by atoms with Gasteiger partial charge in [0, 0.05) is 24.6 Å². The van der Waals surface area contributed by atoms with Crippen molar-refractivity contribution in [1.29, 1.82) is 0 Å². The second-order valence-electron chi connectivity index (χ2n) is 8.45. The first-order valence-corrected chi connectivity index (χ1v) is 11.1. The smallest absolute Gasteiger partial charge is 0.243 e. The number of nitrogens with zero attached hydrogens (tertiary/aromatic N) is 5. The zero-order chi connectivity index (χ0) is 20.1. The van der Waals surface area contributed by atoms with Crippen LogP contribution in [0.3, 0.4) is 0 Å². The van der Waals surface area contributed by atoms with Crippen LogP contribution in [0.1, 0.15) is 70.0 Å². The molecule has 2 aromatic heterocycles. The zero-order valence-electron chi connectivity index (χ0n) is 17.3. The Morgan fingerprint density at radius 2 is 1.86 bits per heavy atom. The van der Waals surface area contributed by atoms with Crippen LogP contribution in [-0.2, 0) is 4.79 Å². The van der Waals surface area contributed by atoms with Crippen molar-refractivity contribution < 1.29 is 4.79 Å². The van der Waals surface area contributed by atoms with Crippen LogP contribution >= 0.6 is 0 Å². The number of likely N-dealkylation sites (tertiary alicyclic amines) is 1. The molecule has 1 N–H and O–H groups in total. The first-order valence-electron chi connectivity index (χ1n) is 11.1. The maximum absolute atomic E-state index is 13.5. The monoisotopic (exact) mass is 396 g/mol. The van der Waals surface area contributed by atoms with Gasteiger partial charge in [-0.15, -0.1) is 0 Å². The van der Waals surface area contributed by atoms with Gasteiger partial charge in [0.25, 0.3) is 0 Å². The lowest BCUT2D eigenvalue weighted by atomic mass is 9.84. The van der Waals surface area contributed by atoms with E-state index >= 15 is 0 Å². The third-order valence-corrected chi connectivity index (χ3v) is 6.41. The standard InChI is InChI=1S/C22H32N6O/c1-17(18-8-4-2-5-9-18)25-21(29)20(27-13-6-3-7-14-27)19-10-11-24-22(26-19)28-15-12-23-16-28/h10-12,15-18,20H,2-9,13-14H2,1H3,(H,25,29). The molecule has 2 aromatic rings. The maximum Gasteiger partial charge on any atom is 0.243 e. The number of piperidine rings is 1. The minimum atomic E-state index is -0.369. The highest BCUT2D eigenvalue weighted by atomic mass is 16.2. The molecule has 2 unspecified atom stereocenters. The van der Waals surface area contributed by atoms with E-state index in [9.17, 15) is 4.79 Å². The van der Waals surface area contributed by atoms with Gasteiger partial charge in [-0.3, -0.25) is 14.3 Å². The molecule has 0 spiro atoms. The minimum absolute atomic E-state index is 0.0697. The van der Waals surface area contributed by atoms with Crippen molar-refractivity contribution in [3.8, 4) is 5.95 Å². The summed E-state index contributed by atoms with van der Waals surface area (Å²) in [5.74, 6) is 1.21. The van der Waals surface area contributed by atoms with Crippen LogP contribution in [0.4, 0.5) is 0 Å². The fraction of sp³-hybridized carbons (Fsp3) is 0.636. The predicted molar refractivity (Wildman–Crippen MR) is 111 cm³/mol. The van der Waals surface area contributed by atoms with E-state index in [1.54, 1.807) is 23.3 Å². The van der Waals surface area contributed by atoms with Gasteiger partial charge in [-0.2, -0.15) is 0 Å². The fourth-order valence-electron chi connectivity index (χ4n) is 4.74. The average molecular weight is 397 g/mol. The van der Waals surface area contributed by atoms with E-state index in [0.717, 1.165) is 31.6 Å². The maximum atomic E-state index is 13.5. The molecule has 1 saturated heterocycles. The predicted octanol–water partition coefficient (Wildman–Crippen LogP) is 3.27. The second-order valence-corrected chi connectivity index (χ2v) is 8.45. The van der Waals surface area contributed by atoms with Crippen molar-refractivity contribution in [1.82, 2.24) is 29.7 Å². The highest BCUT2D eigenvalue weighted by molar-refractivity contribution is 5.83. The molecule has 4 rings (SSSR count). The number of rotatable bonds is 6. The number of hydrogen-bond acceptors (Lipinski definition) is 5. The second kappa shape index (κ2) is 9.48. The Hall–Kier alpha value is -2.28. The van der Waals surface area contributed by atoms with Crippen LogP contribution in [0.15, 0.2) is 31.0 Å². The quantitative estimate of drug-likeness (QED) is 0.811. The van der Waals surface area contributed by atoms with E-state index in [0.29, 0.717) is 11.9 Å². The van der Waals surface area contributed by atoms with Gasteiger partial charge < -0.3 is 5.32 Å². The van der Waals surface area contributed by atoms with Crippen LogP contribution in [0, 0.1) is 5.92 Å². The average Bonchev–Trinajstić information content (AvgIpc) is 3.31. The van der Waals surface area contributed by atoms with E-state index in [2.05, 4.69) is 27.1 Å². The molecule has 1 saturated carbocycles. The Morgan fingerprint density at radius 1 is 1.10 bits per heavy atom. The Kier molecular flexibility index (Phi) is 6.54. The van der Waals surface area contributed by atoms with E-state index in [4.69, 9.17) is 4.98 Å². The lowest BCUT2D eigenvalue weighted by Crippen LogP contribution is -2.47. The molecular weight excluding hydrogens is 364 g/mol. The lowest BCUT2D eigenvalue weighted by Gasteiger charge is -2.35. The van der Waals surface area contributed by atoms with Crippen molar-refractivity contribution in [3.05, 3.63) is 36.7 Å². The van der Waals surface area contributed by atoms with Gasteiger partial charge in [0.15, 0.2) is 0 Å². The topological polar surface area (TPSA) is 75.9 Å². The summed E-state index contributed by atoms with van der Waals surface area (Å²) in [4.78, 5) is 28.9. The number of nitrogens with one attached hydrogen (secondary N) is 1. The van der Waals surface area contributed by atoms with E-state index in [1.165, 1.54) is 38.5 Å². The van der Waals surface area contributed by atoms with Crippen LogP contribution in [0.2, 0.25) is 0 Å². The summed E-state index contributed by atoms with van der Waals surface area (Å²) < 4.78 is 1.78. The number of carbonyl (C=O) groups excluding carboxylic acids is 1. The summed E-state index contributed by atoms with van der Waals surface area (Å²) in [6, 6.07) is 1.71. The summed E-state index contributed by atoms with van der Waals surface area (Å²) in [5.41, 5.74) is 0.763. The van der Waals surface area contributed by atoms with Gasteiger partial charge in [0.1, 0.15) is 12.4 Å².